The lowest BCUT2D eigenvalue weighted by Crippen LogP contribution is -2.51. The van der Waals surface area contributed by atoms with E-state index in [-0.39, 0.29) is 30.8 Å². The lowest BCUT2D eigenvalue weighted by Gasteiger charge is -2.36. The van der Waals surface area contributed by atoms with Crippen LogP contribution in [-0.4, -0.2) is 60.3 Å². The maximum absolute atomic E-state index is 15.2. The monoisotopic (exact) mass is 636 g/mol. The van der Waals surface area contributed by atoms with Gasteiger partial charge >= 0.3 is 6.09 Å². The summed E-state index contributed by atoms with van der Waals surface area (Å²) in [6, 6.07) is 16.8. The van der Waals surface area contributed by atoms with E-state index in [1.165, 1.54) is 17.0 Å². The van der Waals surface area contributed by atoms with Gasteiger partial charge in [-0.2, -0.15) is 0 Å². The fraction of sp³-hybridized carbons (Fsp3) is 0.382. The fourth-order valence-corrected chi connectivity index (χ4v) is 7.00. The molecular weight excluding hydrogens is 598 g/mol. The first-order chi connectivity index (χ1) is 21.3. The number of ether oxygens (including phenoxy) is 1. The van der Waals surface area contributed by atoms with Gasteiger partial charge in [0, 0.05) is 36.2 Å². The molecule has 8 nitrogen and oxygen atoms in total. The van der Waals surface area contributed by atoms with Crippen LogP contribution >= 0.6 is 0 Å². The van der Waals surface area contributed by atoms with Gasteiger partial charge in [0.15, 0.2) is 9.84 Å². The minimum absolute atomic E-state index is 0.0283. The number of carbonyl (C=O) groups excluding carboxylic acids is 1. The fourth-order valence-electron chi connectivity index (χ4n) is 5.49. The first-order valence-corrected chi connectivity index (χ1v) is 16.8. The van der Waals surface area contributed by atoms with Crippen LogP contribution in [0.5, 0.6) is 0 Å². The standard InChI is InChI=1S/C34H38F2N4O4S/c1-5-23-13-26(24-11-12-25(30(36)15-24)21-45(42,43)20-22-9-7-6-8-10-22)14-27-17-37-32(39-31(23)27)38-29-16-28(35)18-40(19-29)33(41)44-34(2,3)4/h6-15,17,28-29H,5,16,18-21H2,1-4H3,(H,37,38,39)/t28-,29-/m0/s1. The molecule has 2 heterocycles. The summed E-state index contributed by atoms with van der Waals surface area (Å²) >= 11 is 0. The molecule has 1 N–H and O–H groups in total. The number of rotatable bonds is 8. The SMILES string of the molecule is CCc1cc(-c2ccc(CS(=O)(=O)Cc3ccccc3)c(F)c2)cc2cnc(N[C@H]3C[C@H](F)CN(C(=O)OC(C)(C)C)C3)nc12. The lowest BCUT2D eigenvalue weighted by molar-refractivity contribution is 0.0124. The second-order valence-corrected chi connectivity index (χ2v) is 14.6. The number of alkyl halides is 1. The molecule has 1 aliphatic rings. The molecule has 4 aromatic rings. The van der Waals surface area contributed by atoms with Crippen molar-refractivity contribution in [2.45, 2.75) is 69.9 Å². The Labute approximate surface area is 262 Å². The van der Waals surface area contributed by atoms with Crippen molar-refractivity contribution >= 4 is 32.8 Å². The maximum atomic E-state index is 15.2. The number of fused-ring (bicyclic) bond motifs is 1. The van der Waals surface area contributed by atoms with Crippen molar-refractivity contribution < 1.29 is 26.7 Å². The van der Waals surface area contributed by atoms with Crippen LogP contribution in [-0.2, 0) is 32.5 Å². The molecule has 1 aliphatic heterocycles. The highest BCUT2D eigenvalue weighted by Crippen LogP contribution is 2.30. The van der Waals surface area contributed by atoms with Crippen LogP contribution in [0.4, 0.5) is 19.5 Å². The zero-order valence-electron chi connectivity index (χ0n) is 25.9. The van der Waals surface area contributed by atoms with Crippen molar-refractivity contribution in [3.05, 3.63) is 89.4 Å². The van der Waals surface area contributed by atoms with Crippen molar-refractivity contribution in [1.29, 1.82) is 0 Å². The van der Waals surface area contributed by atoms with Gasteiger partial charge in [-0.25, -0.2) is 32.0 Å². The molecule has 45 heavy (non-hydrogen) atoms. The Morgan fingerprint density at radius 3 is 2.47 bits per heavy atom. The molecule has 0 unspecified atom stereocenters. The number of benzene rings is 3. The van der Waals surface area contributed by atoms with E-state index in [2.05, 4.69) is 10.3 Å². The van der Waals surface area contributed by atoms with E-state index in [1.54, 1.807) is 57.3 Å². The van der Waals surface area contributed by atoms with Gasteiger partial charge in [-0.05, 0) is 67.6 Å². The number of nitrogens with zero attached hydrogens (tertiary/aromatic N) is 3. The van der Waals surface area contributed by atoms with Crippen LogP contribution in [0.2, 0.25) is 0 Å². The first-order valence-electron chi connectivity index (χ1n) is 15.0. The van der Waals surface area contributed by atoms with Gasteiger partial charge in [-0.15, -0.1) is 0 Å². The van der Waals surface area contributed by atoms with E-state index < -0.39 is 45.3 Å². The number of hydrogen-bond acceptors (Lipinski definition) is 7. The van der Waals surface area contributed by atoms with Crippen molar-refractivity contribution in [2.75, 3.05) is 18.4 Å². The largest absolute Gasteiger partial charge is 0.444 e. The number of anilines is 1. The third-order valence-electron chi connectivity index (χ3n) is 7.52. The number of aromatic nitrogens is 2. The van der Waals surface area contributed by atoms with Crippen LogP contribution in [0.15, 0.2) is 66.9 Å². The van der Waals surface area contributed by atoms with Gasteiger partial charge < -0.3 is 15.0 Å². The number of halogens is 2. The van der Waals surface area contributed by atoms with E-state index >= 15 is 4.39 Å². The molecule has 0 spiro atoms. The van der Waals surface area contributed by atoms with Gasteiger partial charge in [0.05, 0.1) is 23.6 Å². The number of nitrogens with one attached hydrogen (secondary N) is 1. The second kappa shape index (κ2) is 13.1. The molecule has 0 bridgehead atoms. The summed E-state index contributed by atoms with van der Waals surface area (Å²) in [5, 5.41) is 3.93. The normalized spacial score (nSPS) is 17.3. The lowest BCUT2D eigenvalue weighted by atomic mass is 9.98. The first kappa shape index (κ1) is 32.3. The summed E-state index contributed by atoms with van der Waals surface area (Å²) in [4.78, 5) is 23.1. The molecule has 1 amide bonds. The van der Waals surface area contributed by atoms with Crippen LogP contribution in [0.3, 0.4) is 0 Å². The molecule has 5 rings (SSSR count). The number of amides is 1. The Morgan fingerprint density at radius 2 is 1.78 bits per heavy atom. The van der Waals surface area contributed by atoms with Crippen LogP contribution in [0, 0.1) is 5.82 Å². The number of likely N-dealkylation sites (tertiary alicyclic amines) is 1. The van der Waals surface area contributed by atoms with Crippen LogP contribution in [0.1, 0.15) is 50.8 Å². The Hall–Kier alpha value is -4.12. The zero-order chi connectivity index (χ0) is 32.4. The summed E-state index contributed by atoms with van der Waals surface area (Å²) < 4.78 is 60.7. The molecule has 1 saturated heterocycles. The molecule has 3 aromatic carbocycles. The van der Waals surface area contributed by atoms with Crippen molar-refractivity contribution in [2.24, 2.45) is 0 Å². The molecule has 1 aromatic heterocycles. The molecule has 11 heteroatoms. The number of piperidine rings is 1. The quantitative estimate of drug-likeness (QED) is 0.225. The summed E-state index contributed by atoms with van der Waals surface area (Å²) in [6.07, 6.45) is 0.732. The Balaban J connectivity index is 1.33. The van der Waals surface area contributed by atoms with Crippen molar-refractivity contribution in [3.63, 3.8) is 0 Å². The molecule has 0 radical (unpaired) electrons. The van der Waals surface area contributed by atoms with Crippen LogP contribution in [0.25, 0.3) is 22.0 Å². The summed E-state index contributed by atoms with van der Waals surface area (Å²) in [6.45, 7) is 7.52. The van der Waals surface area contributed by atoms with E-state index in [1.807, 2.05) is 25.1 Å². The van der Waals surface area contributed by atoms with E-state index in [4.69, 9.17) is 9.72 Å². The van der Waals surface area contributed by atoms with Gasteiger partial charge in [0.2, 0.25) is 5.95 Å². The predicted molar refractivity (Wildman–Crippen MR) is 172 cm³/mol. The van der Waals surface area contributed by atoms with E-state index in [0.717, 1.165) is 16.5 Å². The number of aryl methyl sites for hydroxylation is 1. The topological polar surface area (TPSA) is 101 Å². The smallest absolute Gasteiger partial charge is 0.410 e. The average molecular weight is 637 g/mol. The molecule has 238 valence electrons. The maximum Gasteiger partial charge on any atom is 0.410 e. The highest BCUT2D eigenvalue weighted by molar-refractivity contribution is 7.89. The summed E-state index contributed by atoms with van der Waals surface area (Å²) in [5.41, 5.74) is 3.07. The van der Waals surface area contributed by atoms with Gasteiger partial charge in [0.25, 0.3) is 0 Å². The van der Waals surface area contributed by atoms with E-state index in [0.29, 0.717) is 29.0 Å². The second-order valence-electron chi connectivity index (χ2n) is 12.5. The predicted octanol–water partition coefficient (Wildman–Crippen LogP) is 6.87. The van der Waals surface area contributed by atoms with Crippen molar-refractivity contribution in [1.82, 2.24) is 14.9 Å². The summed E-state index contributed by atoms with van der Waals surface area (Å²) in [7, 11) is -3.57. The molecule has 0 saturated carbocycles. The van der Waals surface area contributed by atoms with E-state index in [9.17, 15) is 17.6 Å². The minimum atomic E-state index is -3.57. The number of carbonyl (C=O) groups is 1. The molecular formula is C34H38F2N4O4S. The third-order valence-corrected chi connectivity index (χ3v) is 9.04. The van der Waals surface area contributed by atoms with Gasteiger partial charge in [0.1, 0.15) is 17.6 Å². The Kier molecular flexibility index (Phi) is 9.38. The molecule has 2 atom stereocenters. The number of hydrogen-bond donors (Lipinski definition) is 1. The Morgan fingerprint density at radius 1 is 1.02 bits per heavy atom. The summed E-state index contributed by atoms with van der Waals surface area (Å²) in [5.74, 6) is -0.819. The number of sulfone groups is 1. The average Bonchev–Trinajstić information content (AvgIpc) is 2.96. The third kappa shape index (κ3) is 8.33. The highest BCUT2D eigenvalue weighted by atomic mass is 32.2. The highest BCUT2D eigenvalue weighted by Gasteiger charge is 2.33. The minimum Gasteiger partial charge on any atom is -0.444 e. The van der Waals surface area contributed by atoms with Gasteiger partial charge in [-0.3, -0.25) is 0 Å². The van der Waals surface area contributed by atoms with Crippen LogP contribution < -0.4 is 5.32 Å². The van der Waals surface area contributed by atoms with Crippen molar-refractivity contribution in [3.8, 4) is 11.1 Å². The zero-order valence-corrected chi connectivity index (χ0v) is 26.7. The Bertz CT molecular complexity index is 1800. The molecule has 0 aliphatic carbocycles. The van der Waals surface area contributed by atoms with Gasteiger partial charge in [-0.1, -0.05) is 49.4 Å². The molecule has 1 fully saturated rings.